The number of amides is 2. The number of rotatable bonds is 4. The molecule has 0 aliphatic heterocycles. The fourth-order valence-corrected chi connectivity index (χ4v) is 3.39. The van der Waals surface area contributed by atoms with Gasteiger partial charge in [0.15, 0.2) is 0 Å². The van der Waals surface area contributed by atoms with Crippen molar-refractivity contribution in [2.45, 2.75) is 13.8 Å². The van der Waals surface area contributed by atoms with Crippen molar-refractivity contribution in [2.75, 3.05) is 10.6 Å². The van der Waals surface area contributed by atoms with Crippen LogP contribution in [0.1, 0.15) is 22.3 Å². The quantitative estimate of drug-likeness (QED) is 0.697. The van der Waals surface area contributed by atoms with Crippen LogP contribution >= 0.6 is 22.9 Å². The summed E-state index contributed by atoms with van der Waals surface area (Å²) in [5.41, 5.74) is 2.31. The Hall–Kier alpha value is -2.77. The van der Waals surface area contributed by atoms with Crippen LogP contribution in [0.3, 0.4) is 0 Å². The average Bonchev–Trinajstić information content (AvgIpc) is 3.00. The molecule has 0 saturated heterocycles. The maximum Gasteiger partial charge on any atom is 0.267 e. The Balaban J connectivity index is 1.83. The van der Waals surface area contributed by atoms with E-state index in [4.69, 9.17) is 11.6 Å². The lowest BCUT2D eigenvalue weighted by atomic mass is 10.2. The summed E-state index contributed by atoms with van der Waals surface area (Å²) >= 11 is 7.32. The molecule has 2 heterocycles. The number of carbonyl (C=O) groups is 2. The molecule has 0 radical (unpaired) electrons. The summed E-state index contributed by atoms with van der Waals surface area (Å²) in [5.74, 6) is -0.521. The van der Waals surface area contributed by atoms with Gasteiger partial charge in [0.2, 0.25) is 5.91 Å². The van der Waals surface area contributed by atoms with E-state index < -0.39 is 0 Å². The summed E-state index contributed by atoms with van der Waals surface area (Å²) in [6.45, 7) is 3.17. The highest BCUT2D eigenvalue weighted by Gasteiger charge is 2.17. The van der Waals surface area contributed by atoms with Crippen LogP contribution in [-0.2, 0) is 4.79 Å². The number of benzene rings is 1. The Kier molecular flexibility index (Phi) is 5.29. The van der Waals surface area contributed by atoms with Gasteiger partial charge >= 0.3 is 0 Å². The first-order chi connectivity index (χ1) is 12.4. The smallest absolute Gasteiger partial charge is 0.267 e. The molecular weight excluding hydrogens is 372 g/mol. The summed E-state index contributed by atoms with van der Waals surface area (Å²) in [5, 5.41) is 6.51. The van der Waals surface area contributed by atoms with Crippen LogP contribution in [0.5, 0.6) is 0 Å². The van der Waals surface area contributed by atoms with Gasteiger partial charge < -0.3 is 10.6 Å². The minimum absolute atomic E-state index is 0.242. The van der Waals surface area contributed by atoms with Gasteiger partial charge in [0.1, 0.15) is 9.88 Å². The van der Waals surface area contributed by atoms with E-state index in [1.165, 1.54) is 18.3 Å². The van der Waals surface area contributed by atoms with E-state index in [0.717, 1.165) is 5.69 Å². The van der Waals surface area contributed by atoms with Crippen LogP contribution in [0.4, 0.5) is 11.4 Å². The Morgan fingerprint density at radius 2 is 1.96 bits per heavy atom. The monoisotopic (exact) mass is 386 g/mol. The molecule has 2 N–H and O–H groups in total. The van der Waals surface area contributed by atoms with Gasteiger partial charge in [0.05, 0.1) is 22.1 Å². The van der Waals surface area contributed by atoms with E-state index in [-0.39, 0.29) is 11.8 Å². The van der Waals surface area contributed by atoms with Crippen molar-refractivity contribution in [3.8, 4) is 10.7 Å². The van der Waals surface area contributed by atoms with Crippen molar-refractivity contribution in [1.29, 1.82) is 0 Å². The third-order valence-corrected chi connectivity index (χ3v) is 4.93. The number of nitrogens with one attached hydrogen (secondary N) is 2. The first-order valence-corrected chi connectivity index (χ1v) is 8.91. The summed E-state index contributed by atoms with van der Waals surface area (Å²) in [6, 6.07) is 10.4. The molecule has 2 aromatic heterocycles. The first kappa shape index (κ1) is 18.0. The molecule has 0 unspecified atom stereocenters. The predicted molar refractivity (Wildman–Crippen MR) is 104 cm³/mol. The molecule has 8 heteroatoms. The number of hydrogen-bond donors (Lipinski definition) is 2. The fraction of sp³-hybridized carbons (Fsp3) is 0.111. The van der Waals surface area contributed by atoms with Crippen molar-refractivity contribution in [2.24, 2.45) is 0 Å². The average molecular weight is 387 g/mol. The zero-order valence-electron chi connectivity index (χ0n) is 14.0. The van der Waals surface area contributed by atoms with Gasteiger partial charge in [-0.05, 0) is 37.3 Å². The Morgan fingerprint density at radius 1 is 1.15 bits per heavy atom. The topological polar surface area (TPSA) is 84.0 Å². The van der Waals surface area contributed by atoms with Crippen LogP contribution in [-0.4, -0.2) is 21.8 Å². The Labute approximate surface area is 159 Å². The van der Waals surface area contributed by atoms with E-state index in [1.54, 1.807) is 31.3 Å². The lowest BCUT2D eigenvalue weighted by molar-refractivity contribution is -0.114. The van der Waals surface area contributed by atoms with Crippen molar-refractivity contribution >= 4 is 46.1 Å². The maximum absolute atomic E-state index is 12.6. The van der Waals surface area contributed by atoms with Gasteiger partial charge in [0.25, 0.3) is 5.91 Å². The van der Waals surface area contributed by atoms with E-state index in [9.17, 15) is 9.59 Å². The fourth-order valence-electron chi connectivity index (χ4n) is 2.28. The van der Waals surface area contributed by atoms with Gasteiger partial charge in [-0.1, -0.05) is 17.7 Å². The van der Waals surface area contributed by atoms with Gasteiger partial charge in [-0.3, -0.25) is 14.6 Å². The van der Waals surface area contributed by atoms with Crippen LogP contribution in [0.2, 0.25) is 5.02 Å². The van der Waals surface area contributed by atoms with Crippen LogP contribution in [0.25, 0.3) is 10.7 Å². The number of nitrogens with zero attached hydrogens (tertiary/aromatic N) is 2. The molecule has 0 atom stereocenters. The number of anilines is 2. The third-order valence-electron chi connectivity index (χ3n) is 3.42. The molecule has 3 aromatic rings. The number of thiazole rings is 1. The molecule has 0 fully saturated rings. The molecule has 0 saturated carbocycles. The van der Waals surface area contributed by atoms with E-state index in [2.05, 4.69) is 20.6 Å². The predicted octanol–water partition coefficient (Wildman–Crippen LogP) is 4.38. The second kappa shape index (κ2) is 7.63. The van der Waals surface area contributed by atoms with Crippen molar-refractivity contribution in [3.05, 3.63) is 58.2 Å². The Bertz CT molecular complexity index is 973. The number of halogens is 1. The lowest BCUT2D eigenvalue weighted by Gasteiger charge is -2.09. The highest BCUT2D eigenvalue weighted by Crippen LogP contribution is 2.29. The molecule has 0 aliphatic rings. The number of carbonyl (C=O) groups excluding carboxylic acids is 2. The standard InChI is InChI=1S/C18H15ClN4O2S/c1-10-16(26-18(21-10)14-5-3-4-8-20-14)17(25)23-12-6-7-13(19)15(9-12)22-11(2)24/h3-9H,1-2H3,(H,22,24)(H,23,25). The highest BCUT2D eigenvalue weighted by molar-refractivity contribution is 7.17. The second-order valence-corrected chi connectivity index (χ2v) is 6.88. The van der Waals surface area contributed by atoms with Crippen molar-refractivity contribution < 1.29 is 9.59 Å². The number of aryl methyl sites for hydroxylation is 1. The number of aromatic nitrogens is 2. The van der Waals surface area contributed by atoms with Gasteiger partial charge in [-0.25, -0.2) is 4.98 Å². The molecule has 0 spiro atoms. The molecule has 0 aliphatic carbocycles. The summed E-state index contributed by atoms with van der Waals surface area (Å²) < 4.78 is 0. The molecule has 132 valence electrons. The first-order valence-electron chi connectivity index (χ1n) is 7.71. The van der Waals surface area contributed by atoms with E-state index >= 15 is 0 Å². The van der Waals surface area contributed by atoms with Crippen LogP contribution in [0, 0.1) is 6.92 Å². The molecule has 3 rings (SSSR count). The third kappa shape index (κ3) is 4.07. The molecule has 26 heavy (non-hydrogen) atoms. The maximum atomic E-state index is 12.6. The van der Waals surface area contributed by atoms with E-state index in [0.29, 0.717) is 32.0 Å². The van der Waals surface area contributed by atoms with Crippen molar-refractivity contribution in [1.82, 2.24) is 9.97 Å². The number of pyridine rings is 1. The highest BCUT2D eigenvalue weighted by atomic mass is 35.5. The lowest BCUT2D eigenvalue weighted by Crippen LogP contribution is -2.12. The summed E-state index contributed by atoms with van der Waals surface area (Å²) in [4.78, 5) is 33.0. The summed E-state index contributed by atoms with van der Waals surface area (Å²) in [6.07, 6.45) is 1.68. The van der Waals surface area contributed by atoms with Crippen molar-refractivity contribution in [3.63, 3.8) is 0 Å². The Morgan fingerprint density at radius 3 is 2.65 bits per heavy atom. The normalized spacial score (nSPS) is 10.4. The zero-order chi connectivity index (χ0) is 18.7. The van der Waals surface area contributed by atoms with Gasteiger partial charge in [-0.2, -0.15) is 0 Å². The zero-order valence-corrected chi connectivity index (χ0v) is 15.6. The molecular formula is C18H15ClN4O2S. The minimum Gasteiger partial charge on any atom is -0.325 e. The SMILES string of the molecule is CC(=O)Nc1cc(NC(=O)c2sc(-c3ccccn3)nc2C)ccc1Cl. The largest absolute Gasteiger partial charge is 0.325 e. The van der Waals surface area contributed by atoms with E-state index in [1.807, 2.05) is 18.2 Å². The number of hydrogen-bond acceptors (Lipinski definition) is 5. The van der Waals surface area contributed by atoms with Crippen LogP contribution in [0.15, 0.2) is 42.6 Å². The van der Waals surface area contributed by atoms with Gasteiger partial charge in [-0.15, -0.1) is 11.3 Å². The second-order valence-electron chi connectivity index (χ2n) is 5.48. The molecule has 0 bridgehead atoms. The van der Waals surface area contributed by atoms with Gasteiger partial charge in [0, 0.05) is 18.8 Å². The molecule has 6 nitrogen and oxygen atoms in total. The summed E-state index contributed by atoms with van der Waals surface area (Å²) in [7, 11) is 0. The molecule has 1 aromatic carbocycles. The molecule has 2 amide bonds. The minimum atomic E-state index is -0.279. The van der Waals surface area contributed by atoms with Crippen LogP contribution < -0.4 is 10.6 Å².